The van der Waals surface area contributed by atoms with Crippen LogP contribution in [0.2, 0.25) is 0 Å². The summed E-state index contributed by atoms with van der Waals surface area (Å²) in [7, 11) is 0. The number of carbonyl (C=O) groups excluding carboxylic acids is 1. The van der Waals surface area contributed by atoms with Gasteiger partial charge in [0.15, 0.2) is 0 Å². The highest BCUT2D eigenvalue weighted by atomic mass is 16.2. The van der Waals surface area contributed by atoms with Crippen molar-refractivity contribution < 1.29 is 4.79 Å². The molecule has 0 N–H and O–H groups in total. The largest absolute Gasteiger partial charge is 0.356 e. The molecule has 6 nitrogen and oxygen atoms in total. The molecular weight excluding hydrogens is 326 g/mol. The molecule has 26 heavy (non-hydrogen) atoms. The highest BCUT2D eigenvalue weighted by Gasteiger charge is 2.26. The molecule has 2 aromatic heterocycles. The number of amides is 1. The van der Waals surface area contributed by atoms with E-state index < -0.39 is 0 Å². The zero-order chi connectivity index (χ0) is 17.9. The lowest BCUT2D eigenvalue weighted by Gasteiger charge is -2.33. The zero-order valence-electron chi connectivity index (χ0n) is 15.5. The van der Waals surface area contributed by atoms with Crippen LogP contribution in [0.25, 0.3) is 0 Å². The van der Waals surface area contributed by atoms with E-state index >= 15 is 0 Å². The number of anilines is 1. The van der Waals surface area contributed by atoms with Crippen molar-refractivity contribution in [1.29, 1.82) is 0 Å². The van der Waals surface area contributed by atoms with Crippen molar-refractivity contribution in [3.05, 3.63) is 42.1 Å². The van der Waals surface area contributed by atoms with Gasteiger partial charge in [-0.15, -0.1) is 0 Å². The molecule has 0 aromatic carbocycles. The van der Waals surface area contributed by atoms with Crippen molar-refractivity contribution >= 4 is 11.7 Å². The summed E-state index contributed by atoms with van der Waals surface area (Å²) >= 11 is 0. The van der Waals surface area contributed by atoms with Crippen molar-refractivity contribution in [2.75, 3.05) is 31.1 Å². The third kappa shape index (κ3) is 3.32. The van der Waals surface area contributed by atoms with Crippen molar-refractivity contribution in [3.8, 4) is 0 Å². The number of carbonyl (C=O) groups is 1. The summed E-state index contributed by atoms with van der Waals surface area (Å²) in [5.74, 6) is 2.63. The van der Waals surface area contributed by atoms with E-state index in [9.17, 15) is 4.79 Å². The molecule has 2 fully saturated rings. The molecule has 1 atom stereocenters. The van der Waals surface area contributed by atoms with Gasteiger partial charge in [0.25, 0.3) is 5.91 Å². The lowest BCUT2D eigenvalue weighted by atomic mass is 9.97. The summed E-state index contributed by atoms with van der Waals surface area (Å²) in [5, 5.41) is 0. The van der Waals surface area contributed by atoms with Gasteiger partial charge in [-0.25, -0.2) is 9.97 Å². The fourth-order valence-electron chi connectivity index (χ4n) is 4.17. The second kappa shape index (κ2) is 7.48. The third-order valence-corrected chi connectivity index (χ3v) is 5.58. The second-order valence-corrected chi connectivity index (χ2v) is 7.26. The average molecular weight is 353 g/mol. The van der Waals surface area contributed by atoms with Crippen LogP contribution in [0, 0.1) is 0 Å². The van der Waals surface area contributed by atoms with E-state index in [-0.39, 0.29) is 5.91 Å². The maximum absolute atomic E-state index is 12.7. The first-order valence-electron chi connectivity index (χ1n) is 9.77. The number of aromatic nitrogens is 3. The molecule has 2 aromatic rings. The maximum atomic E-state index is 12.7. The first-order chi connectivity index (χ1) is 12.8. The van der Waals surface area contributed by atoms with E-state index in [4.69, 9.17) is 0 Å². The average Bonchev–Trinajstić information content (AvgIpc) is 3.39. The molecule has 2 saturated heterocycles. The summed E-state index contributed by atoms with van der Waals surface area (Å²) in [6, 6.07) is 3.81. The van der Waals surface area contributed by atoms with Crippen LogP contribution in [0.1, 0.15) is 54.7 Å². The van der Waals surface area contributed by atoms with Gasteiger partial charge in [-0.3, -0.25) is 4.79 Å². The Balaban J connectivity index is 1.52. The van der Waals surface area contributed by atoms with Crippen LogP contribution in [-0.2, 0) is 6.54 Å². The molecule has 2 aliphatic heterocycles. The van der Waals surface area contributed by atoms with Gasteiger partial charge in [0.1, 0.15) is 11.6 Å². The Labute approximate surface area is 154 Å². The monoisotopic (exact) mass is 353 g/mol. The standard InChI is InChI=1S/C20H27N5O/c1-2-23-13-9-22-19(23)17-6-5-12-25(15-17)18-14-16(7-8-21-18)20(26)24-10-3-4-11-24/h7-9,13-14,17H,2-6,10-12,15H2,1H3/t17-/m0/s1. The number of pyridine rings is 1. The number of hydrogen-bond acceptors (Lipinski definition) is 4. The second-order valence-electron chi connectivity index (χ2n) is 7.26. The molecule has 0 unspecified atom stereocenters. The number of likely N-dealkylation sites (tertiary alicyclic amines) is 1. The first-order valence-corrected chi connectivity index (χ1v) is 9.77. The van der Waals surface area contributed by atoms with E-state index in [2.05, 4.69) is 32.6 Å². The fourth-order valence-corrected chi connectivity index (χ4v) is 4.17. The summed E-state index contributed by atoms with van der Waals surface area (Å²) in [6.07, 6.45) is 10.2. The van der Waals surface area contributed by atoms with Gasteiger partial charge in [-0.1, -0.05) is 0 Å². The minimum atomic E-state index is 0.140. The lowest BCUT2D eigenvalue weighted by Crippen LogP contribution is -2.36. The van der Waals surface area contributed by atoms with Gasteiger partial charge in [0, 0.05) is 62.8 Å². The molecular formula is C20H27N5O. The quantitative estimate of drug-likeness (QED) is 0.848. The fraction of sp³-hybridized carbons (Fsp3) is 0.550. The number of aryl methyl sites for hydroxylation is 1. The Morgan fingerprint density at radius 1 is 1.15 bits per heavy atom. The number of imidazole rings is 1. The molecule has 1 amide bonds. The van der Waals surface area contributed by atoms with E-state index in [1.807, 2.05) is 23.2 Å². The Morgan fingerprint density at radius 3 is 2.81 bits per heavy atom. The van der Waals surface area contributed by atoms with Crippen LogP contribution in [-0.4, -0.2) is 51.5 Å². The Morgan fingerprint density at radius 2 is 2.00 bits per heavy atom. The number of piperidine rings is 1. The summed E-state index contributed by atoms with van der Waals surface area (Å²) < 4.78 is 2.23. The molecule has 4 rings (SSSR count). The Hall–Kier alpha value is -2.37. The summed E-state index contributed by atoms with van der Waals surface area (Å²) in [4.78, 5) is 26.1. The van der Waals surface area contributed by atoms with Crippen LogP contribution < -0.4 is 4.90 Å². The van der Waals surface area contributed by atoms with Crippen LogP contribution in [0.3, 0.4) is 0 Å². The molecule has 138 valence electrons. The minimum Gasteiger partial charge on any atom is -0.356 e. The van der Waals surface area contributed by atoms with Crippen LogP contribution >= 0.6 is 0 Å². The van der Waals surface area contributed by atoms with E-state index in [0.717, 1.165) is 69.8 Å². The topological polar surface area (TPSA) is 54.3 Å². The third-order valence-electron chi connectivity index (χ3n) is 5.58. The van der Waals surface area contributed by atoms with Crippen molar-refractivity contribution in [2.45, 2.75) is 45.1 Å². The first kappa shape index (κ1) is 17.1. The minimum absolute atomic E-state index is 0.140. The van der Waals surface area contributed by atoms with Crippen molar-refractivity contribution in [3.63, 3.8) is 0 Å². The molecule has 0 aliphatic carbocycles. The van der Waals surface area contributed by atoms with Gasteiger partial charge < -0.3 is 14.4 Å². The molecule has 0 radical (unpaired) electrons. The molecule has 2 aliphatic rings. The van der Waals surface area contributed by atoms with Crippen LogP contribution in [0.4, 0.5) is 5.82 Å². The lowest BCUT2D eigenvalue weighted by molar-refractivity contribution is 0.0792. The smallest absolute Gasteiger partial charge is 0.254 e. The Bertz CT molecular complexity index is 765. The van der Waals surface area contributed by atoms with Crippen LogP contribution in [0.5, 0.6) is 0 Å². The van der Waals surface area contributed by atoms with Gasteiger partial charge in [0.2, 0.25) is 0 Å². The number of hydrogen-bond donors (Lipinski definition) is 0. The van der Waals surface area contributed by atoms with Gasteiger partial charge in [-0.05, 0) is 44.7 Å². The van der Waals surface area contributed by atoms with Gasteiger partial charge >= 0.3 is 0 Å². The SMILES string of the molecule is CCn1ccnc1[C@H]1CCCN(c2cc(C(=O)N3CCCC3)ccn2)C1. The zero-order valence-corrected chi connectivity index (χ0v) is 15.5. The van der Waals surface area contributed by atoms with Crippen LogP contribution in [0.15, 0.2) is 30.7 Å². The number of rotatable bonds is 4. The molecule has 0 bridgehead atoms. The van der Waals surface area contributed by atoms with E-state index in [1.54, 1.807) is 6.20 Å². The van der Waals surface area contributed by atoms with Crippen molar-refractivity contribution in [2.24, 2.45) is 0 Å². The highest BCUT2D eigenvalue weighted by molar-refractivity contribution is 5.95. The predicted molar refractivity (Wildman–Crippen MR) is 101 cm³/mol. The Kier molecular flexibility index (Phi) is 4.91. The molecule has 4 heterocycles. The summed E-state index contributed by atoms with van der Waals surface area (Å²) in [6.45, 7) is 6.75. The van der Waals surface area contributed by atoms with Gasteiger partial charge in [-0.2, -0.15) is 0 Å². The predicted octanol–water partition coefficient (Wildman–Crippen LogP) is 2.92. The molecule has 0 spiro atoms. The molecule has 0 saturated carbocycles. The van der Waals surface area contributed by atoms with E-state index in [1.165, 1.54) is 5.82 Å². The van der Waals surface area contributed by atoms with Crippen molar-refractivity contribution in [1.82, 2.24) is 19.4 Å². The van der Waals surface area contributed by atoms with Gasteiger partial charge in [0.05, 0.1) is 0 Å². The normalized spacial score (nSPS) is 20.6. The highest BCUT2D eigenvalue weighted by Crippen LogP contribution is 2.29. The summed E-state index contributed by atoms with van der Waals surface area (Å²) in [5.41, 5.74) is 0.758. The van der Waals surface area contributed by atoms with E-state index in [0.29, 0.717) is 5.92 Å². The maximum Gasteiger partial charge on any atom is 0.254 e. The molecule has 6 heteroatoms. The number of nitrogens with zero attached hydrogens (tertiary/aromatic N) is 5.